The van der Waals surface area contributed by atoms with Crippen LogP contribution in [0.1, 0.15) is 31.1 Å². The molecular formula is C13H20BrNO3S. The summed E-state index contributed by atoms with van der Waals surface area (Å²) in [6.45, 7) is 1.34. The third-order valence-electron chi connectivity index (χ3n) is 3.14. The number of thiophene rings is 1. The van der Waals surface area contributed by atoms with E-state index in [4.69, 9.17) is 0 Å². The van der Waals surface area contributed by atoms with Gasteiger partial charge in [-0.1, -0.05) is 6.92 Å². The number of aryl methyl sites for hydroxylation is 1. The highest BCUT2D eigenvalue weighted by atomic mass is 79.9. The van der Waals surface area contributed by atoms with Crippen LogP contribution in [0.3, 0.4) is 0 Å². The van der Waals surface area contributed by atoms with Gasteiger partial charge in [-0.3, -0.25) is 4.79 Å². The second-order valence-corrected chi connectivity index (χ2v) is 7.11. The number of carbonyl (C=O) groups excluding carboxylic acids is 1. The summed E-state index contributed by atoms with van der Waals surface area (Å²) in [6.07, 6.45) is 2.53. The Morgan fingerprint density at radius 1 is 1.42 bits per heavy atom. The van der Waals surface area contributed by atoms with Crippen molar-refractivity contribution in [1.82, 2.24) is 5.32 Å². The van der Waals surface area contributed by atoms with E-state index < -0.39 is 5.54 Å². The predicted molar refractivity (Wildman–Crippen MR) is 80.3 cm³/mol. The molecule has 0 saturated heterocycles. The van der Waals surface area contributed by atoms with Crippen LogP contribution in [0.15, 0.2) is 15.9 Å². The first-order valence-corrected chi connectivity index (χ1v) is 7.93. The third kappa shape index (κ3) is 5.22. The van der Waals surface area contributed by atoms with Crippen molar-refractivity contribution < 1.29 is 15.0 Å². The summed E-state index contributed by atoms with van der Waals surface area (Å²) in [7, 11) is 0. The van der Waals surface area contributed by atoms with Crippen molar-refractivity contribution in [2.45, 2.75) is 38.1 Å². The molecule has 0 bridgehead atoms. The van der Waals surface area contributed by atoms with Gasteiger partial charge in [0.15, 0.2) is 0 Å². The van der Waals surface area contributed by atoms with Crippen molar-refractivity contribution in [3.8, 4) is 0 Å². The Morgan fingerprint density at radius 2 is 2.11 bits per heavy atom. The van der Waals surface area contributed by atoms with Gasteiger partial charge in [0.25, 0.3) is 0 Å². The topological polar surface area (TPSA) is 69.6 Å². The van der Waals surface area contributed by atoms with Crippen LogP contribution >= 0.6 is 27.3 Å². The minimum atomic E-state index is -0.886. The molecule has 0 aliphatic heterocycles. The Kier molecular flexibility index (Phi) is 6.99. The fraction of sp³-hybridized carbons (Fsp3) is 0.615. The summed E-state index contributed by atoms with van der Waals surface area (Å²) >= 11 is 5.08. The number of amides is 1. The van der Waals surface area contributed by atoms with Gasteiger partial charge in [-0.25, -0.2) is 0 Å². The van der Waals surface area contributed by atoms with Crippen LogP contribution in [-0.2, 0) is 11.2 Å². The van der Waals surface area contributed by atoms with Crippen molar-refractivity contribution in [1.29, 1.82) is 0 Å². The van der Waals surface area contributed by atoms with Gasteiger partial charge < -0.3 is 15.5 Å². The van der Waals surface area contributed by atoms with Crippen molar-refractivity contribution in [2.75, 3.05) is 13.2 Å². The highest BCUT2D eigenvalue weighted by molar-refractivity contribution is 9.11. The molecule has 0 unspecified atom stereocenters. The van der Waals surface area contributed by atoms with Gasteiger partial charge >= 0.3 is 0 Å². The zero-order valence-corrected chi connectivity index (χ0v) is 13.4. The van der Waals surface area contributed by atoms with Crippen molar-refractivity contribution >= 4 is 33.2 Å². The predicted octanol–water partition coefficient (Wildman–Crippen LogP) is 2.08. The molecule has 4 nitrogen and oxygen atoms in total. The quantitative estimate of drug-likeness (QED) is 0.672. The van der Waals surface area contributed by atoms with E-state index in [0.717, 1.165) is 16.6 Å². The van der Waals surface area contributed by atoms with Gasteiger partial charge in [0.2, 0.25) is 5.91 Å². The SMILES string of the molecule is CCC(CO)(CO)NC(=O)CCCc1ccc(Br)s1. The maximum Gasteiger partial charge on any atom is 0.220 e. The Morgan fingerprint density at radius 3 is 2.58 bits per heavy atom. The molecule has 0 saturated carbocycles. The lowest BCUT2D eigenvalue weighted by atomic mass is 9.98. The van der Waals surface area contributed by atoms with E-state index in [-0.39, 0.29) is 19.1 Å². The molecule has 0 fully saturated rings. The second-order valence-electron chi connectivity index (χ2n) is 4.56. The fourth-order valence-corrected chi connectivity index (χ4v) is 3.23. The van der Waals surface area contributed by atoms with Crippen LogP contribution in [0.4, 0.5) is 0 Å². The van der Waals surface area contributed by atoms with Gasteiger partial charge in [0, 0.05) is 11.3 Å². The second kappa shape index (κ2) is 7.99. The number of carbonyl (C=O) groups is 1. The van der Waals surface area contributed by atoms with Gasteiger partial charge in [0.05, 0.1) is 22.5 Å². The largest absolute Gasteiger partial charge is 0.394 e. The van der Waals surface area contributed by atoms with E-state index in [0.29, 0.717) is 12.8 Å². The first-order valence-electron chi connectivity index (χ1n) is 6.32. The van der Waals surface area contributed by atoms with E-state index in [2.05, 4.69) is 21.2 Å². The highest BCUT2D eigenvalue weighted by Crippen LogP contribution is 2.23. The zero-order valence-electron chi connectivity index (χ0n) is 11.0. The maximum atomic E-state index is 11.8. The fourth-order valence-electron chi connectivity index (χ4n) is 1.71. The maximum absolute atomic E-state index is 11.8. The van der Waals surface area contributed by atoms with Crippen LogP contribution in [-0.4, -0.2) is 34.9 Å². The average molecular weight is 350 g/mol. The molecule has 19 heavy (non-hydrogen) atoms. The minimum Gasteiger partial charge on any atom is -0.394 e. The Hall–Kier alpha value is -0.430. The molecule has 1 aromatic rings. The molecule has 0 aliphatic carbocycles. The molecule has 0 atom stereocenters. The van der Waals surface area contributed by atoms with Crippen LogP contribution in [0.5, 0.6) is 0 Å². The molecule has 108 valence electrons. The molecule has 0 spiro atoms. The summed E-state index contributed by atoms with van der Waals surface area (Å²) in [5.41, 5.74) is -0.886. The molecule has 1 heterocycles. The number of aliphatic hydroxyl groups is 2. The number of hydrogen-bond acceptors (Lipinski definition) is 4. The summed E-state index contributed by atoms with van der Waals surface area (Å²) in [5.74, 6) is -0.124. The molecule has 3 N–H and O–H groups in total. The van der Waals surface area contributed by atoms with E-state index in [9.17, 15) is 15.0 Å². The molecule has 6 heteroatoms. The van der Waals surface area contributed by atoms with Gasteiger partial charge in [0.1, 0.15) is 0 Å². The Bertz CT molecular complexity index is 396. The van der Waals surface area contributed by atoms with Crippen LogP contribution in [0.25, 0.3) is 0 Å². The zero-order chi connectivity index (χ0) is 14.3. The normalized spacial score (nSPS) is 11.6. The smallest absolute Gasteiger partial charge is 0.220 e. The number of aliphatic hydroxyl groups excluding tert-OH is 2. The van der Waals surface area contributed by atoms with E-state index >= 15 is 0 Å². The lowest BCUT2D eigenvalue weighted by Crippen LogP contribution is -2.53. The highest BCUT2D eigenvalue weighted by Gasteiger charge is 2.28. The molecular weight excluding hydrogens is 330 g/mol. The number of hydrogen-bond donors (Lipinski definition) is 3. The first kappa shape index (κ1) is 16.6. The van der Waals surface area contributed by atoms with Crippen molar-refractivity contribution in [3.63, 3.8) is 0 Å². The van der Waals surface area contributed by atoms with Gasteiger partial charge in [-0.2, -0.15) is 0 Å². The van der Waals surface area contributed by atoms with Crippen LogP contribution in [0, 0.1) is 0 Å². The van der Waals surface area contributed by atoms with Crippen LogP contribution in [0.2, 0.25) is 0 Å². The number of rotatable bonds is 8. The first-order chi connectivity index (χ1) is 9.05. The van der Waals surface area contributed by atoms with Crippen molar-refractivity contribution in [3.05, 3.63) is 20.8 Å². The molecule has 0 aliphatic rings. The molecule has 0 aromatic carbocycles. The lowest BCUT2D eigenvalue weighted by molar-refractivity contribution is -0.124. The Labute approximate surface area is 126 Å². The molecule has 1 amide bonds. The summed E-state index contributed by atoms with van der Waals surface area (Å²) in [4.78, 5) is 13.0. The third-order valence-corrected chi connectivity index (χ3v) is 4.83. The van der Waals surface area contributed by atoms with Gasteiger partial charge in [-0.05, 0) is 47.3 Å². The molecule has 1 aromatic heterocycles. The standard InChI is InChI=1S/C13H20BrNO3S/c1-2-13(8-16,9-17)15-12(18)5-3-4-10-6-7-11(14)19-10/h6-7,16-17H,2-5,8-9H2,1H3,(H,15,18). The van der Waals surface area contributed by atoms with Gasteiger partial charge in [-0.15, -0.1) is 11.3 Å². The van der Waals surface area contributed by atoms with E-state index in [1.54, 1.807) is 11.3 Å². The van der Waals surface area contributed by atoms with E-state index in [1.807, 2.05) is 19.1 Å². The minimum absolute atomic E-state index is 0.124. The summed E-state index contributed by atoms with van der Waals surface area (Å²) in [6, 6.07) is 4.05. The lowest BCUT2D eigenvalue weighted by Gasteiger charge is -2.29. The molecule has 1 rings (SSSR count). The Balaban J connectivity index is 2.35. The number of nitrogens with one attached hydrogen (secondary N) is 1. The summed E-state index contributed by atoms with van der Waals surface area (Å²) < 4.78 is 1.09. The van der Waals surface area contributed by atoms with E-state index in [1.165, 1.54) is 4.88 Å². The number of halogens is 1. The summed E-state index contributed by atoms with van der Waals surface area (Å²) in [5, 5.41) is 21.2. The monoisotopic (exact) mass is 349 g/mol. The average Bonchev–Trinajstić information content (AvgIpc) is 2.82. The van der Waals surface area contributed by atoms with Crippen molar-refractivity contribution in [2.24, 2.45) is 0 Å². The molecule has 0 radical (unpaired) electrons. The van der Waals surface area contributed by atoms with Crippen LogP contribution < -0.4 is 5.32 Å².